The normalized spacial score (nSPS) is 17.3. The van der Waals surface area contributed by atoms with Crippen molar-refractivity contribution in [2.75, 3.05) is 6.61 Å². The molecule has 0 bridgehead atoms. The zero-order valence-corrected chi connectivity index (χ0v) is 16.4. The number of ether oxygens (including phenoxy) is 1. The summed E-state index contributed by atoms with van der Waals surface area (Å²) >= 11 is 5.73. The Hall–Kier alpha value is -1.68. The van der Waals surface area contributed by atoms with E-state index in [1.165, 1.54) is 31.2 Å². The van der Waals surface area contributed by atoms with E-state index in [2.05, 4.69) is 10.0 Å². The number of carbonyl (C=O) groups is 2. The van der Waals surface area contributed by atoms with Gasteiger partial charge in [0.05, 0.1) is 11.0 Å². The summed E-state index contributed by atoms with van der Waals surface area (Å²) in [5, 5.41) is 12.9. The molecule has 0 aromatic heterocycles. The standard InChI is InChI=1S/C17H23ClN2O6S/c1-11(21)16(20-27(24,25)14-8-6-12(18)7-9-14)17(23)26-10-15(22)19-13-4-2-3-5-13/h6-9,11,13,16,20-21H,2-5,10H2,1H3,(H,19,22)/t11-,16-/m1/s1. The maximum atomic E-state index is 12.4. The minimum Gasteiger partial charge on any atom is -0.454 e. The van der Waals surface area contributed by atoms with Crippen molar-refractivity contribution in [1.29, 1.82) is 0 Å². The van der Waals surface area contributed by atoms with E-state index in [0.717, 1.165) is 25.7 Å². The first kappa shape index (κ1) is 21.6. The highest BCUT2D eigenvalue weighted by Gasteiger charge is 2.31. The summed E-state index contributed by atoms with van der Waals surface area (Å²) in [6.45, 7) is 0.704. The average Bonchev–Trinajstić information content (AvgIpc) is 3.10. The van der Waals surface area contributed by atoms with Crippen LogP contribution in [0.15, 0.2) is 29.2 Å². The topological polar surface area (TPSA) is 122 Å². The van der Waals surface area contributed by atoms with E-state index in [9.17, 15) is 23.1 Å². The smallest absolute Gasteiger partial charge is 0.327 e. The molecule has 3 N–H and O–H groups in total. The van der Waals surface area contributed by atoms with Gasteiger partial charge in [-0.2, -0.15) is 4.72 Å². The number of nitrogens with one attached hydrogen (secondary N) is 2. The Bertz CT molecular complexity index is 760. The van der Waals surface area contributed by atoms with Gasteiger partial charge in [-0.1, -0.05) is 24.4 Å². The Morgan fingerprint density at radius 3 is 2.41 bits per heavy atom. The summed E-state index contributed by atoms with van der Waals surface area (Å²) in [7, 11) is -4.09. The number of hydrogen-bond donors (Lipinski definition) is 3. The van der Waals surface area contributed by atoms with Crippen LogP contribution in [0.4, 0.5) is 0 Å². The number of sulfonamides is 1. The van der Waals surface area contributed by atoms with Crippen LogP contribution in [-0.2, 0) is 24.3 Å². The molecule has 2 atom stereocenters. The van der Waals surface area contributed by atoms with Gasteiger partial charge < -0.3 is 15.2 Å². The van der Waals surface area contributed by atoms with Gasteiger partial charge in [-0.05, 0) is 44.0 Å². The second-order valence-corrected chi connectivity index (χ2v) is 8.60. The average molecular weight is 419 g/mol. The van der Waals surface area contributed by atoms with Crippen LogP contribution in [0.5, 0.6) is 0 Å². The number of aliphatic hydroxyl groups excluding tert-OH is 1. The van der Waals surface area contributed by atoms with E-state index in [1.54, 1.807) is 0 Å². The van der Waals surface area contributed by atoms with Gasteiger partial charge in [0.15, 0.2) is 6.61 Å². The Morgan fingerprint density at radius 2 is 1.85 bits per heavy atom. The number of hydrogen-bond acceptors (Lipinski definition) is 6. The number of aliphatic hydroxyl groups is 1. The van der Waals surface area contributed by atoms with Gasteiger partial charge in [0, 0.05) is 11.1 Å². The molecule has 0 heterocycles. The third-order valence-electron chi connectivity index (χ3n) is 4.21. The van der Waals surface area contributed by atoms with Gasteiger partial charge in [-0.25, -0.2) is 8.42 Å². The molecule has 0 radical (unpaired) electrons. The molecule has 1 aliphatic rings. The second-order valence-electron chi connectivity index (χ2n) is 6.45. The highest BCUT2D eigenvalue weighted by atomic mass is 35.5. The Morgan fingerprint density at radius 1 is 1.26 bits per heavy atom. The minimum absolute atomic E-state index is 0.0761. The van der Waals surface area contributed by atoms with Gasteiger partial charge in [-0.3, -0.25) is 9.59 Å². The first-order chi connectivity index (χ1) is 12.7. The minimum atomic E-state index is -4.09. The third-order valence-corrected chi connectivity index (χ3v) is 5.92. The molecule has 10 heteroatoms. The highest BCUT2D eigenvalue weighted by molar-refractivity contribution is 7.89. The van der Waals surface area contributed by atoms with E-state index in [4.69, 9.17) is 16.3 Å². The maximum Gasteiger partial charge on any atom is 0.327 e. The maximum absolute atomic E-state index is 12.4. The van der Waals surface area contributed by atoms with Crippen molar-refractivity contribution in [3.63, 3.8) is 0 Å². The summed E-state index contributed by atoms with van der Waals surface area (Å²) in [4.78, 5) is 23.9. The SMILES string of the molecule is C[C@@H](O)[C@@H](NS(=O)(=O)c1ccc(Cl)cc1)C(=O)OCC(=O)NC1CCCC1. The molecular weight excluding hydrogens is 396 g/mol. The predicted octanol–water partition coefficient (Wildman–Crippen LogP) is 0.970. The Kier molecular flexibility index (Phi) is 7.60. The summed E-state index contributed by atoms with van der Waals surface area (Å²) in [6.07, 6.45) is 2.49. The fourth-order valence-electron chi connectivity index (χ4n) is 2.76. The van der Waals surface area contributed by atoms with Crippen molar-refractivity contribution in [3.05, 3.63) is 29.3 Å². The lowest BCUT2D eigenvalue weighted by Gasteiger charge is -2.20. The van der Waals surface area contributed by atoms with E-state index in [-0.39, 0.29) is 10.9 Å². The van der Waals surface area contributed by atoms with Crippen LogP contribution in [0, 0.1) is 0 Å². The number of esters is 1. The first-order valence-electron chi connectivity index (χ1n) is 8.61. The predicted molar refractivity (Wildman–Crippen MR) is 98.6 cm³/mol. The van der Waals surface area contributed by atoms with Crippen molar-refractivity contribution >= 4 is 33.5 Å². The van der Waals surface area contributed by atoms with Crippen LogP contribution in [0.25, 0.3) is 0 Å². The van der Waals surface area contributed by atoms with Crippen LogP contribution in [0.1, 0.15) is 32.6 Å². The lowest BCUT2D eigenvalue weighted by Crippen LogP contribution is -2.49. The van der Waals surface area contributed by atoms with Crippen molar-refractivity contribution in [1.82, 2.24) is 10.0 Å². The lowest BCUT2D eigenvalue weighted by molar-refractivity contribution is -0.152. The number of benzene rings is 1. The van der Waals surface area contributed by atoms with Crippen LogP contribution >= 0.6 is 11.6 Å². The van der Waals surface area contributed by atoms with E-state index >= 15 is 0 Å². The van der Waals surface area contributed by atoms with E-state index in [1.807, 2.05) is 0 Å². The van der Waals surface area contributed by atoms with E-state index < -0.39 is 40.7 Å². The van der Waals surface area contributed by atoms with Crippen molar-refractivity contribution < 1.29 is 27.9 Å². The van der Waals surface area contributed by atoms with Crippen molar-refractivity contribution in [2.24, 2.45) is 0 Å². The molecule has 1 aromatic carbocycles. The molecule has 0 aliphatic heterocycles. The molecule has 8 nitrogen and oxygen atoms in total. The summed E-state index contributed by atoms with van der Waals surface area (Å²) in [5.41, 5.74) is 0. The van der Waals surface area contributed by atoms with Crippen molar-refractivity contribution in [3.8, 4) is 0 Å². The summed E-state index contributed by atoms with van der Waals surface area (Å²) < 4.78 is 31.7. The molecule has 1 saturated carbocycles. The van der Waals surface area contributed by atoms with Crippen LogP contribution in [0.2, 0.25) is 5.02 Å². The van der Waals surface area contributed by atoms with Gasteiger partial charge in [0.25, 0.3) is 5.91 Å². The van der Waals surface area contributed by atoms with Crippen LogP contribution < -0.4 is 10.0 Å². The van der Waals surface area contributed by atoms with Crippen LogP contribution in [-0.4, -0.2) is 50.2 Å². The number of halogens is 1. The summed E-state index contributed by atoms with van der Waals surface area (Å²) in [6, 6.07) is 3.84. The molecule has 27 heavy (non-hydrogen) atoms. The fraction of sp³-hybridized carbons (Fsp3) is 0.529. The zero-order valence-electron chi connectivity index (χ0n) is 14.9. The molecule has 1 aromatic rings. The molecule has 1 fully saturated rings. The quantitative estimate of drug-likeness (QED) is 0.541. The molecule has 0 saturated heterocycles. The lowest BCUT2D eigenvalue weighted by atomic mass is 10.2. The fourth-order valence-corrected chi connectivity index (χ4v) is 4.14. The van der Waals surface area contributed by atoms with E-state index in [0.29, 0.717) is 5.02 Å². The van der Waals surface area contributed by atoms with Gasteiger partial charge in [0.2, 0.25) is 10.0 Å². The molecular formula is C17H23ClN2O6S. The molecule has 1 amide bonds. The summed E-state index contributed by atoms with van der Waals surface area (Å²) in [5.74, 6) is -1.50. The second kappa shape index (κ2) is 9.50. The molecule has 0 unspecified atom stereocenters. The van der Waals surface area contributed by atoms with Crippen molar-refractivity contribution in [2.45, 2.75) is 55.7 Å². The van der Waals surface area contributed by atoms with Gasteiger partial charge >= 0.3 is 5.97 Å². The molecule has 2 rings (SSSR count). The monoisotopic (exact) mass is 418 g/mol. The Labute approximate surface area is 163 Å². The number of rotatable bonds is 8. The molecule has 150 valence electrons. The Balaban J connectivity index is 1.95. The highest BCUT2D eigenvalue weighted by Crippen LogP contribution is 2.17. The first-order valence-corrected chi connectivity index (χ1v) is 10.5. The number of amides is 1. The number of carbonyl (C=O) groups excluding carboxylic acids is 2. The van der Waals surface area contributed by atoms with Gasteiger partial charge in [-0.15, -0.1) is 0 Å². The molecule has 1 aliphatic carbocycles. The van der Waals surface area contributed by atoms with Crippen LogP contribution in [0.3, 0.4) is 0 Å². The third kappa shape index (κ3) is 6.46. The largest absolute Gasteiger partial charge is 0.454 e. The molecule has 0 spiro atoms. The zero-order chi connectivity index (χ0) is 20.0. The van der Waals surface area contributed by atoms with Gasteiger partial charge in [0.1, 0.15) is 6.04 Å².